The van der Waals surface area contributed by atoms with Gasteiger partial charge in [0.05, 0.1) is 24.8 Å². The Morgan fingerprint density at radius 3 is 2.67 bits per heavy atom. The topological polar surface area (TPSA) is 93.9 Å². The number of carbonyl (C=O) groups is 2. The van der Waals surface area contributed by atoms with Crippen LogP contribution in [0.15, 0.2) is 24.3 Å². The number of nitrogens with zero attached hydrogens (tertiary/aromatic N) is 3. The molecule has 0 spiro atoms. The molecule has 0 radical (unpaired) electrons. The van der Waals surface area contributed by atoms with Crippen molar-refractivity contribution in [1.29, 1.82) is 5.26 Å². The predicted molar refractivity (Wildman–Crippen MR) is 73.9 cm³/mol. The smallest absolute Gasteiger partial charge is 0.328 e. The summed E-state index contributed by atoms with van der Waals surface area (Å²) in [4.78, 5) is 26.3. The first kappa shape index (κ1) is 14.8. The van der Waals surface area contributed by atoms with Crippen LogP contribution >= 0.6 is 0 Å². The molecule has 7 nitrogen and oxygen atoms in total. The predicted octanol–water partition coefficient (Wildman–Crippen LogP) is 0.900. The van der Waals surface area contributed by atoms with Gasteiger partial charge in [-0.25, -0.2) is 9.59 Å². The fraction of sp³-hybridized carbons (Fsp3) is 0.357. The lowest BCUT2D eigenvalue weighted by molar-refractivity contribution is -0.147. The highest BCUT2D eigenvalue weighted by atomic mass is 16.5. The maximum Gasteiger partial charge on any atom is 0.328 e. The molecule has 1 unspecified atom stereocenters. The van der Waals surface area contributed by atoms with Gasteiger partial charge in [-0.05, 0) is 24.3 Å². The average Bonchev–Trinajstić information content (AvgIpc) is 2.53. The molecular weight excluding hydrogens is 274 g/mol. The number of aliphatic carboxylic acids is 1. The lowest BCUT2D eigenvalue weighted by Gasteiger charge is -2.35. The van der Waals surface area contributed by atoms with E-state index in [9.17, 15) is 9.59 Å². The molecule has 0 saturated carbocycles. The van der Waals surface area contributed by atoms with Gasteiger partial charge in [0.25, 0.3) is 0 Å². The number of anilines is 1. The van der Waals surface area contributed by atoms with Crippen LogP contribution in [0, 0.1) is 11.3 Å². The van der Waals surface area contributed by atoms with Crippen molar-refractivity contribution in [1.82, 2.24) is 4.90 Å². The second kappa shape index (κ2) is 6.24. The summed E-state index contributed by atoms with van der Waals surface area (Å²) in [6.07, 6.45) is 0. The first-order chi connectivity index (χ1) is 10.0. The summed E-state index contributed by atoms with van der Waals surface area (Å²) >= 11 is 0. The monoisotopic (exact) mass is 289 g/mol. The number of urea groups is 1. The first-order valence-electron chi connectivity index (χ1n) is 6.39. The standard InChI is InChI=1S/C14H15N3O4/c1-16(11-4-2-10(8-15)3-5-11)14(20)17-6-7-21-9-12(17)13(18)19/h2-5,12H,6-7,9H2,1H3,(H,18,19). The number of nitriles is 1. The van der Waals surface area contributed by atoms with Crippen LogP contribution < -0.4 is 4.90 Å². The van der Waals surface area contributed by atoms with Crippen molar-refractivity contribution in [3.63, 3.8) is 0 Å². The van der Waals surface area contributed by atoms with E-state index < -0.39 is 18.0 Å². The Morgan fingerprint density at radius 1 is 1.43 bits per heavy atom. The number of benzene rings is 1. The minimum Gasteiger partial charge on any atom is -0.480 e. The fourth-order valence-electron chi connectivity index (χ4n) is 2.10. The zero-order chi connectivity index (χ0) is 15.4. The van der Waals surface area contributed by atoms with Crippen molar-refractivity contribution in [2.45, 2.75) is 6.04 Å². The highest BCUT2D eigenvalue weighted by Gasteiger charge is 2.34. The van der Waals surface area contributed by atoms with Gasteiger partial charge in [0.15, 0.2) is 6.04 Å². The van der Waals surface area contributed by atoms with Crippen molar-refractivity contribution in [2.24, 2.45) is 0 Å². The number of hydrogen-bond acceptors (Lipinski definition) is 4. The Morgan fingerprint density at radius 2 is 2.10 bits per heavy atom. The molecule has 0 aromatic heterocycles. The largest absolute Gasteiger partial charge is 0.480 e. The molecule has 1 N–H and O–H groups in total. The molecule has 1 atom stereocenters. The molecular formula is C14H15N3O4. The van der Waals surface area contributed by atoms with E-state index in [-0.39, 0.29) is 13.2 Å². The second-order valence-corrected chi connectivity index (χ2v) is 4.62. The van der Waals surface area contributed by atoms with Gasteiger partial charge >= 0.3 is 12.0 Å². The molecule has 21 heavy (non-hydrogen) atoms. The summed E-state index contributed by atoms with van der Waals surface area (Å²) in [6.45, 7) is 0.537. The van der Waals surface area contributed by atoms with Gasteiger partial charge in [0.2, 0.25) is 0 Å². The number of rotatable bonds is 2. The minimum absolute atomic E-state index is 0.0116. The summed E-state index contributed by atoms with van der Waals surface area (Å²) in [5.74, 6) is -1.09. The zero-order valence-electron chi connectivity index (χ0n) is 11.5. The van der Waals surface area contributed by atoms with Gasteiger partial charge in [0.1, 0.15) is 0 Å². The van der Waals surface area contributed by atoms with Gasteiger partial charge in [0, 0.05) is 19.3 Å². The molecule has 1 aromatic rings. The van der Waals surface area contributed by atoms with Crippen molar-refractivity contribution < 1.29 is 19.4 Å². The van der Waals surface area contributed by atoms with Crippen LogP contribution in [-0.2, 0) is 9.53 Å². The van der Waals surface area contributed by atoms with Crippen LogP contribution in [0.3, 0.4) is 0 Å². The quantitative estimate of drug-likeness (QED) is 0.873. The van der Waals surface area contributed by atoms with Gasteiger partial charge in [-0.3, -0.25) is 4.90 Å². The molecule has 1 heterocycles. The van der Waals surface area contributed by atoms with E-state index in [1.165, 1.54) is 9.80 Å². The van der Waals surface area contributed by atoms with Gasteiger partial charge in [-0.15, -0.1) is 0 Å². The third-order valence-electron chi connectivity index (χ3n) is 3.33. The van der Waals surface area contributed by atoms with Crippen LogP contribution in [0.2, 0.25) is 0 Å². The van der Waals surface area contributed by atoms with E-state index in [1.807, 2.05) is 6.07 Å². The minimum atomic E-state index is -1.09. The van der Waals surface area contributed by atoms with Crippen LogP contribution in [0.25, 0.3) is 0 Å². The summed E-state index contributed by atoms with van der Waals surface area (Å²) in [5, 5.41) is 17.9. The summed E-state index contributed by atoms with van der Waals surface area (Å²) < 4.78 is 5.11. The zero-order valence-corrected chi connectivity index (χ0v) is 11.5. The summed E-state index contributed by atoms with van der Waals surface area (Å²) in [7, 11) is 1.57. The van der Waals surface area contributed by atoms with Crippen LogP contribution in [0.4, 0.5) is 10.5 Å². The maximum absolute atomic E-state index is 12.4. The molecule has 1 aromatic carbocycles. The Hall–Kier alpha value is -2.59. The van der Waals surface area contributed by atoms with E-state index in [0.717, 1.165) is 0 Å². The van der Waals surface area contributed by atoms with E-state index in [4.69, 9.17) is 15.1 Å². The molecule has 0 aliphatic carbocycles. The second-order valence-electron chi connectivity index (χ2n) is 4.62. The number of morpholine rings is 1. The Bertz CT molecular complexity index is 579. The number of carboxylic acids is 1. The maximum atomic E-state index is 12.4. The molecule has 1 saturated heterocycles. The van der Waals surface area contributed by atoms with Gasteiger partial charge in [-0.1, -0.05) is 0 Å². The molecule has 1 aliphatic heterocycles. The van der Waals surface area contributed by atoms with Crippen LogP contribution in [0.1, 0.15) is 5.56 Å². The SMILES string of the molecule is CN(C(=O)N1CCOCC1C(=O)O)c1ccc(C#N)cc1. The van der Waals surface area contributed by atoms with Crippen molar-refractivity contribution in [2.75, 3.05) is 31.7 Å². The number of hydrogen-bond donors (Lipinski definition) is 1. The van der Waals surface area contributed by atoms with Gasteiger partial charge < -0.3 is 14.7 Å². The van der Waals surface area contributed by atoms with E-state index in [0.29, 0.717) is 17.9 Å². The lowest BCUT2D eigenvalue weighted by Crippen LogP contribution is -2.56. The molecule has 2 rings (SSSR count). The normalized spacial score (nSPS) is 17.9. The Labute approximate surface area is 121 Å². The van der Waals surface area contributed by atoms with E-state index >= 15 is 0 Å². The highest BCUT2D eigenvalue weighted by Crippen LogP contribution is 2.17. The van der Waals surface area contributed by atoms with Crippen LogP contribution in [0.5, 0.6) is 0 Å². The number of carbonyl (C=O) groups excluding carboxylic acids is 1. The van der Waals surface area contributed by atoms with Crippen molar-refractivity contribution in [3.8, 4) is 6.07 Å². The highest BCUT2D eigenvalue weighted by molar-refractivity contribution is 5.94. The van der Waals surface area contributed by atoms with Gasteiger partial charge in [-0.2, -0.15) is 5.26 Å². The molecule has 1 fully saturated rings. The number of carboxylic acid groups (broad SMARTS) is 1. The van der Waals surface area contributed by atoms with E-state index in [2.05, 4.69) is 0 Å². The van der Waals surface area contributed by atoms with Crippen LogP contribution in [-0.4, -0.2) is 54.9 Å². The van der Waals surface area contributed by atoms with Crippen molar-refractivity contribution >= 4 is 17.7 Å². The Kier molecular flexibility index (Phi) is 4.40. The number of ether oxygens (including phenoxy) is 1. The fourth-order valence-corrected chi connectivity index (χ4v) is 2.10. The van der Waals surface area contributed by atoms with E-state index in [1.54, 1.807) is 31.3 Å². The third-order valence-corrected chi connectivity index (χ3v) is 3.33. The summed E-state index contributed by atoms with van der Waals surface area (Å²) in [6, 6.07) is 7.11. The molecule has 7 heteroatoms. The molecule has 2 amide bonds. The first-order valence-corrected chi connectivity index (χ1v) is 6.39. The average molecular weight is 289 g/mol. The lowest BCUT2D eigenvalue weighted by atomic mass is 10.2. The summed E-state index contributed by atoms with van der Waals surface area (Å²) in [5.41, 5.74) is 1.09. The number of amides is 2. The molecule has 1 aliphatic rings. The molecule has 0 bridgehead atoms. The third kappa shape index (κ3) is 3.12. The van der Waals surface area contributed by atoms with Crippen molar-refractivity contribution in [3.05, 3.63) is 29.8 Å². The Balaban J connectivity index is 2.17. The molecule has 110 valence electrons.